The molecular formula is C41H57NO12. The maximum atomic E-state index is 13.7. The van der Waals surface area contributed by atoms with Crippen LogP contribution in [0.15, 0.2) is 29.8 Å². The Labute approximate surface area is 316 Å². The number of aliphatic hydroxyl groups is 5. The Kier molecular flexibility index (Phi) is 8.90. The van der Waals surface area contributed by atoms with E-state index >= 15 is 0 Å². The van der Waals surface area contributed by atoms with E-state index in [1.807, 2.05) is 6.92 Å². The summed E-state index contributed by atoms with van der Waals surface area (Å²) in [6.07, 6.45) is -1.16. The van der Waals surface area contributed by atoms with Gasteiger partial charge < -0.3 is 49.2 Å². The molecule has 3 saturated heterocycles. The minimum atomic E-state index is -2.02. The smallest absolute Gasteiger partial charge is 0.338 e. The molecule has 3 heterocycles. The molecule has 0 radical (unpaired) electrons. The van der Waals surface area contributed by atoms with E-state index < -0.39 is 93.9 Å². The lowest BCUT2D eigenvalue weighted by atomic mass is 9.49. The van der Waals surface area contributed by atoms with Crippen molar-refractivity contribution in [3.63, 3.8) is 0 Å². The summed E-state index contributed by atoms with van der Waals surface area (Å²) in [7, 11) is 2.96. The van der Waals surface area contributed by atoms with Gasteiger partial charge in [-0.05, 0) is 95.2 Å². The van der Waals surface area contributed by atoms with E-state index in [0.717, 1.165) is 19.4 Å². The zero-order chi connectivity index (χ0) is 38.9. The van der Waals surface area contributed by atoms with Crippen molar-refractivity contribution in [2.24, 2.45) is 40.9 Å². The van der Waals surface area contributed by atoms with Gasteiger partial charge in [0.15, 0.2) is 23.7 Å². The predicted octanol–water partition coefficient (Wildman–Crippen LogP) is 2.58. The lowest BCUT2D eigenvalue weighted by Gasteiger charge is -2.64. The second-order valence-electron chi connectivity index (χ2n) is 18.1. The zero-order valence-corrected chi connectivity index (χ0v) is 32.4. The third-order valence-electron chi connectivity index (χ3n) is 15.6. The Morgan fingerprint density at radius 3 is 2.41 bits per heavy atom. The summed E-state index contributed by atoms with van der Waals surface area (Å²) < 4.78 is 29.9. The van der Waals surface area contributed by atoms with Crippen LogP contribution < -0.4 is 9.47 Å². The fourth-order valence-corrected chi connectivity index (χ4v) is 13.1. The zero-order valence-electron chi connectivity index (χ0n) is 32.4. The molecule has 0 amide bonds. The quantitative estimate of drug-likeness (QED) is 0.211. The van der Waals surface area contributed by atoms with Crippen LogP contribution in [0, 0.1) is 40.9 Å². The van der Waals surface area contributed by atoms with Gasteiger partial charge in [-0.2, -0.15) is 0 Å². The minimum Gasteiger partial charge on any atom is -0.493 e. The molecule has 1 spiro atoms. The van der Waals surface area contributed by atoms with Gasteiger partial charge in [0.25, 0.3) is 0 Å². The summed E-state index contributed by atoms with van der Waals surface area (Å²) in [6.45, 7) is 10.5. The number of esters is 2. The van der Waals surface area contributed by atoms with Crippen LogP contribution in [0.1, 0.15) is 83.5 Å². The first-order chi connectivity index (χ1) is 25.4. The number of rotatable bonds is 6. The van der Waals surface area contributed by atoms with Crippen LogP contribution in [0.5, 0.6) is 11.5 Å². The maximum Gasteiger partial charge on any atom is 0.338 e. The van der Waals surface area contributed by atoms with E-state index in [0.29, 0.717) is 30.4 Å². The number of carbonyl (C=O) groups is 2. The number of fused-ring (bicyclic) bond motifs is 5. The van der Waals surface area contributed by atoms with Crippen LogP contribution in [0.2, 0.25) is 0 Å². The molecule has 4 bridgehead atoms. The number of nitrogens with zero attached hydrogens (tertiary/aromatic N) is 1. The molecule has 7 fully saturated rings. The number of carbonyl (C=O) groups excluding carboxylic acids is 2. The highest BCUT2D eigenvalue weighted by Gasteiger charge is 2.87. The molecule has 298 valence electrons. The van der Waals surface area contributed by atoms with E-state index in [1.165, 1.54) is 20.3 Å². The van der Waals surface area contributed by atoms with Gasteiger partial charge in [-0.3, -0.25) is 4.90 Å². The first-order valence-electron chi connectivity index (χ1n) is 19.7. The summed E-state index contributed by atoms with van der Waals surface area (Å²) in [5.74, 6) is -5.94. The van der Waals surface area contributed by atoms with E-state index in [2.05, 4.69) is 11.8 Å². The SMILES string of the molecule is C/C=C(/C)C(=O)O[C@H]1[C@H](O)[C@H]2[C@@H](CN3C[C@@H](C)CC[C@H]3[C@@]2(C)O)[C@@H]2C[C@]34O[C@]5(O)[C@@H](OC(=O)c6ccc(OC)c(OC)c6)CC[C@@]3(C)[C@@H]5C[C@@H](O)[C@H]4[C@@]21O. The molecule has 0 unspecified atom stereocenters. The second-order valence-corrected chi connectivity index (χ2v) is 18.1. The maximum absolute atomic E-state index is 13.7. The highest BCUT2D eigenvalue weighted by molar-refractivity contribution is 5.90. The average Bonchev–Trinajstić information content (AvgIpc) is 3.41. The summed E-state index contributed by atoms with van der Waals surface area (Å²) in [5, 5.41) is 63.3. The largest absolute Gasteiger partial charge is 0.493 e. The predicted molar refractivity (Wildman–Crippen MR) is 192 cm³/mol. The summed E-state index contributed by atoms with van der Waals surface area (Å²) in [5.41, 5.74) is -5.08. The molecule has 1 aromatic carbocycles. The van der Waals surface area contributed by atoms with Gasteiger partial charge >= 0.3 is 11.9 Å². The Balaban J connectivity index is 1.20. The molecule has 1 aromatic rings. The number of hydrogen-bond donors (Lipinski definition) is 5. The van der Waals surface area contributed by atoms with Crippen LogP contribution in [0.4, 0.5) is 0 Å². The van der Waals surface area contributed by atoms with Crippen molar-refractivity contribution in [2.75, 3.05) is 27.3 Å². The first kappa shape index (κ1) is 38.1. The molecule has 4 saturated carbocycles. The molecule has 5 N–H and O–H groups in total. The summed E-state index contributed by atoms with van der Waals surface area (Å²) in [4.78, 5) is 29.5. The normalized spacial score (nSPS) is 49.2. The average molecular weight is 756 g/mol. The lowest BCUT2D eigenvalue weighted by molar-refractivity contribution is -0.297. The number of methoxy groups -OCH3 is 2. The van der Waals surface area contributed by atoms with Crippen molar-refractivity contribution in [1.29, 1.82) is 0 Å². The summed E-state index contributed by atoms with van der Waals surface area (Å²) in [6, 6.07) is 4.42. The number of aliphatic hydroxyl groups excluding tert-OH is 2. The fraction of sp³-hybridized carbons (Fsp3) is 0.756. The number of ether oxygens (including phenoxy) is 5. The molecule has 4 aliphatic carbocycles. The van der Waals surface area contributed by atoms with Crippen molar-refractivity contribution in [2.45, 2.75) is 126 Å². The van der Waals surface area contributed by atoms with Gasteiger partial charge in [-0.25, -0.2) is 9.59 Å². The highest BCUT2D eigenvalue weighted by atomic mass is 16.7. The van der Waals surface area contributed by atoms with Crippen molar-refractivity contribution in [1.82, 2.24) is 4.90 Å². The molecule has 7 aliphatic rings. The standard InChI is InChI=1S/C41H57NO12/c1-8-21(3)35(45)53-34-32(44)31-23(19-42-18-20(2)9-12-29(42)38(31,5)47)24-17-39-33(40(24,34)48)25(43)16-28-37(39,4)14-13-30(41(28,49)54-39)52-36(46)22-10-11-26(50-6)27(15-22)51-7/h8,10-11,15,20,23-25,28-34,43-44,47-49H,9,12-14,16-19H2,1-7H3/b21-8-/t20-,23-,24-,25+,28-,29-,30-,31+,32+,33+,34-,37-,38+,39+,40-,41-/m0/s1. The Hall–Kier alpha value is -2.78. The van der Waals surface area contributed by atoms with Crippen molar-refractivity contribution >= 4 is 11.9 Å². The monoisotopic (exact) mass is 755 g/mol. The van der Waals surface area contributed by atoms with E-state index in [1.54, 1.807) is 39.0 Å². The van der Waals surface area contributed by atoms with Gasteiger partial charge in [0.05, 0.1) is 43.2 Å². The van der Waals surface area contributed by atoms with Crippen LogP contribution in [-0.4, -0.2) is 123 Å². The molecule has 0 aromatic heterocycles. The van der Waals surface area contributed by atoms with Crippen molar-refractivity contribution < 1.29 is 58.8 Å². The van der Waals surface area contributed by atoms with E-state index in [4.69, 9.17) is 23.7 Å². The number of hydrogen-bond acceptors (Lipinski definition) is 13. The molecule has 16 atom stereocenters. The Morgan fingerprint density at radius 2 is 1.72 bits per heavy atom. The minimum absolute atomic E-state index is 0.0149. The lowest BCUT2D eigenvalue weighted by Crippen LogP contribution is -2.77. The number of allylic oxidation sites excluding steroid dienone is 1. The molecule has 8 rings (SSSR count). The first-order valence-corrected chi connectivity index (χ1v) is 19.7. The Morgan fingerprint density at radius 1 is 1.00 bits per heavy atom. The van der Waals surface area contributed by atoms with Crippen LogP contribution >= 0.6 is 0 Å². The van der Waals surface area contributed by atoms with Crippen molar-refractivity contribution in [3.05, 3.63) is 35.4 Å². The van der Waals surface area contributed by atoms with E-state index in [9.17, 15) is 35.1 Å². The molecule has 13 nitrogen and oxygen atoms in total. The third-order valence-corrected chi connectivity index (χ3v) is 15.6. The van der Waals surface area contributed by atoms with Gasteiger partial charge in [0.2, 0.25) is 5.79 Å². The van der Waals surface area contributed by atoms with Gasteiger partial charge in [-0.15, -0.1) is 0 Å². The molecular weight excluding hydrogens is 698 g/mol. The van der Waals surface area contributed by atoms with Crippen LogP contribution in [0.25, 0.3) is 0 Å². The molecule has 3 aliphatic heterocycles. The molecule has 13 heteroatoms. The second kappa shape index (κ2) is 12.6. The highest BCUT2D eigenvalue weighted by Crippen LogP contribution is 2.77. The number of benzene rings is 1. The van der Waals surface area contributed by atoms with Gasteiger partial charge in [-0.1, -0.05) is 19.9 Å². The summed E-state index contributed by atoms with van der Waals surface area (Å²) >= 11 is 0. The number of piperidine rings is 2. The Bertz CT molecular complexity index is 1730. The van der Waals surface area contributed by atoms with Crippen LogP contribution in [0.3, 0.4) is 0 Å². The topological polar surface area (TPSA) is 185 Å². The van der Waals surface area contributed by atoms with Crippen molar-refractivity contribution in [3.8, 4) is 11.5 Å². The van der Waals surface area contributed by atoms with Gasteiger partial charge in [0, 0.05) is 47.9 Å². The van der Waals surface area contributed by atoms with Gasteiger partial charge in [0.1, 0.15) is 5.60 Å². The van der Waals surface area contributed by atoms with Crippen LogP contribution in [-0.2, 0) is 19.0 Å². The fourth-order valence-electron chi connectivity index (χ4n) is 13.1. The third kappa shape index (κ3) is 4.87. The molecule has 54 heavy (non-hydrogen) atoms. The van der Waals surface area contributed by atoms with E-state index in [-0.39, 0.29) is 36.4 Å².